The van der Waals surface area contributed by atoms with Gasteiger partial charge in [0.2, 0.25) is 0 Å². The van der Waals surface area contributed by atoms with Gasteiger partial charge in [-0.05, 0) is 87.0 Å². The molecule has 238 valence electrons. The van der Waals surface area contributed by atoms with Crippen molar-refractivity contribution in [2.45, 2.75) is 22.2 Å². The molecule has 7 aromatic carbocycles. The topological polar surface area (TPSA) is 37.5 Å². The zero-order chi connectivity index (χ0) is 33.0. The highest BCUT2D eigenvalue weighted by Gasteiger charge is 2.42. The van der Waals surface area contributed by atoms with Crippen LogP contribution in [0.3, 0.4) is 0 Å². The lowest BCUT2D eigenvalue weighted by Gasteiger charge is -2.34. The van der Waals surface area contributed by atoms with Gasteiger partial charge in [-0.15, -0.1) is 11.8 Å². The zero-order valence-corrected chi connectivity index (χ0v) is 28.0. The van der Waals surface area contributed by atoms with Crippen LogP contribution in [0.1, 0.15) is 28.8 Å². The van der Waals surface area contributed by atoms with E-state index in [1.807, 2.05) is 23.9 Å². The Bertz CT molecular complexity index is 2550. The van der Waals surface area contributed by atoms with E-state index < -0.39 is 0 Å². The number of amidine groups is 1. The molecule has 1 N–H and O–H groups in total. The van der Waals surface area contributed by atoms with Gasteiger partial charge in [-0.1, -0.05) is 127 Å². The third-order valence-electron chi connectivity index (χ3n) is 10.1. The van der Waals surface area contributed by atoms with E-state index in [0.717, 1.165) is 50.0 Å². The lowest BCUT2D eigenvalue weighted by molar-refractivity contribution is 0.514. The molecule has 0 spiro atoms. The molecule has 2 aliphatic heterocycles. The van der Waals surface area contributed by atoms with Crippen LogP contribution in [0, 0.1) is 0 Å². The molecule has 3 heterocycles. The number of rotatable bonds is 5. The fourth-order valence-corrected chi connectivity index (χ4v) is 9.08. The Kier molecular flexibility index (Phi) is 6.95. The van der Waals surface area contributed by atoms with Gasteiger partial charge >= 0.3 is 0 Å². The minimum Gasteiger partial charge on any atom is -0.456 e. The van der Waals surface area contributed by atoms with Gasteiger partial charge in [0.1, 0.15) is 17.0 Å². The maximum atomic E-state index is 6.32. The molecule has 0 aliphatic carbocycles. The molecule has 2 aliphatic rings. The quantitative estimate of drug-likeness (QED) is 0.200. The Labute approximate surface area is 295 Å². The minimum absolute atomic E-state index is 0.0193. The van der Waals surface area contributed by atoms with Crippen molar-refractivity contribution in [2.24, 2.45) is 4.99 Å². The third-order valence-corrected chi connectivity index (χ3v) is 11.5. The van der Waals surface area contributed by atoms with Crippen molar-refractivity contribution in [3.8, 4) is 33.4 Å². The van der Waals surface area contributed by atoms with Gasteiger partial charge in [-0.2, -0.15) is 0 Å². The van der Waals surface area contributed by atoms with E-state index in [1.54, 1.807) is 0 Å². The van der Waals surface area contributed by atoms with Crippen LogP contribution in [0.25, 0.3) is 55.3 Å². The summed E-state index contributed by atoms with van der Waals surface area (Å²) in [6, 6.07) is 60.9. The zero-order valence-electron chi connectivity index (χ0n) is 27.2. The Morgan fingerprint density at radius 3 is 1.88 bits per heavy atom. The summed E-state index contributed by atoms with van der Waals surface area (Å²) in [5.41, 5.74) is 12.4. The number of hydrogen-bond acceptors (Lipinski definition) is 4. The first-order valence-electron chi connectivity index (χ1n) is 17.1. The smallest absolute Gasteiger partial charge is 0.136 e. The van der Waals surface area contributed by atoms with Gasteiger partial charge in [0.15, 0.2) is 0 Å². The Hall–Kier alpha value is -5.84. The number of fused-ring (bicyclic) bond motifs is 6. The van der Waals surface area contributed by atoms with E-state index in [-0.39, 0.29) is 17.3 Å². The fraction of sp³-hybridized carbons (Fsp3) is 0.0652. The normalized spacial score (nSPS) is 18.0. The molecule has 0 saturated heterocycles. The number of furan rings is 1. The Morgan fingerprint density at radius 2 is 1.08 bits per heavy atom. The van der Waals surface area contributed by atoms with Gasteiger partial charge in [0.25, 0.3) is 0 Å². The van der Waals surface area contributed by atoms with E-state index in [0.29, 0.717) is 0 Å². The largest absolute Gasteiger partial charge is 0.456 e. The van der Waals surface area contributed by atoms with Crippen LogP contribution in [-0.2, 0) is 0 Å². The first-order valence-corrected chi connectivity index (χ1v) is 18.0. The van der Waals surface area contributed by atoms with Gasteiger partial charge in [0.05, 0.1) is 17.3 Å². The highest BCUT2D eigenvalue weighted by molar-refractivity contribution is 8.00. The monoisotopic (exact) mass is 660 g/mol. The fourth-order valence-electron chi connectivity index (χ4n) is 7.60. The average molecular weight is 661 g/mol. The van der Waals surface area contributed by atoms with Gasteiger partial charge in [-0.3, -0.25) is 4.99 Å². The summed E-state index contributed by atoms with van der Waals surface area (Å²) in [6.07, 6.45) is 0. The van der Waals surface area contributed by atoms with Crippen LogP contribution in [0.2, 0.25) is 0 Å². The van der Waals surface area contributed by atoms with E-state index in [1.165, 1.54) is 32.7 Å². The summed E-state index contributed by atoms with van der Waals surface area (Å²) in [5, 5.41) is 6.45. The van der Waals surface area contributed by atoms with E-state index in [2.05, 4.69) is 163 Å². The maximum absolute atomic E-state index is 6.32. The van der Waals surface area contributed by atoms with Gasteiger partial charge in [-0.25, -0.2) is 0 Å². The van der Waals surface area contributed by atoms with Crippen LogP contribution in [0.5, 0.6) is 0 Å². The molecule has 0 saturated carbocycles. The molecule has 50 heavy (non-hydrogen) atoms. The number of thioether (sulfide) groups is 1. The molecular weight excluding hydrogens is 629 g/mol. The standard InChI is InChI=1S/C46H32N2OS/c1-3-11-29(12-4-1)31-19-21-32(22-20-31)43-45-44(39-16-8-10-18-42(39)50-45)48-46(47-43)36-26-34(30-13-5-2-6-14-30)25-35(27-36)33-23-24-38-37-15-7-9-17-40(37)49-41(38)28-33/h1-28,43-45H,(H,47,48). The van der Waals surface area contributed by atoms with Gasteiger partial charge in [0, 0.05) is 21.2 Å². The van der Waals surface area contributed by atoms with E-state index in [4.69, 9.17) is 9.41 Å². The Morgan fingerprint density at radius 1 is 0.480 bits per heavy atom. The Balaban J connectivity index is 1.11. The average Bonchev–Trinajstić information content (AvgIpc) is 3.76. The molecule has 0 amide bonds. The first-order chi connectivity index (χ1) is 24.7. The predicted molar refractivity (Wildman–Crippen MR) is 208 cm³/mol. The molecule has 1 aromatic heterocycles. The summed E-state index contributed by atoms with van der Waals surface area (Å²) in [6.45, 7) is 0. The number of nitrogens with one attached hydrogen (secondary N) is 1. The third kappa shape index (κ3) is 5.03. The van der Waals surface area contributed by atoms with Crippen molar-refractivity contribution in [3.63, 3.8) is 0 Å². The van der Waals surface area contributed by atoms with E-state index in [9.17, 15) is 0 Å². The van der Waals surface area contributed by atoms with Crippen molar-refractivity contribution < 1.29 is 4.42 Å². The minimum atomic E-state index is -0.0193. The maximum Gasteiger partial charge on any atom is 0.136 e. The first kappa shape index (κ1) is 29.1. The van der Waals surface area contributed by atoms with E-state index >= 15 is 0 Å². The van der Waals surface area contributed by atoms with Crippen molar-refractivity contribution in [3.05, 3.63) is 187 Å². The van der Waals surface area contributed by atoms with Crippen LogP contribution in [0.15, 0.2) is 184 Å². The van der Waals surface area contributed by atoms with Crippen LogP contribution in [-0.4, -0.2) is 11.1 Å². The number of benzene rings is 7. The second-order valence-electron chi connectivity index (χ2n) is 13.1. The summed E-state index contributed by atoms with van der Waals surface area (Å²) in [7, 11) is 0. The van der Waals surface area contributed by atoms with Crippen LogP contribution in [0.4, 0.5) is 0 Å². The molecule has 0 bridgehead atoms. The summed E-state index contributed by atoms with van der Waals surface area (Å²) in [5.74, 6) is 0.921. The van der Waals surface area contributed by atoms with Crippen molar-refractivity contribution in [1.29, 1.82) is 0 Å². The summed E-state index contributed by atoms with van der Waals surface area (Å²) < 4.78 is 6.32. The SMILES string of the molecule is c1ccc(-c2ccc(C3N=C(c4cc(-c5ccccc5)cc(-c5ccc6c(c5)oc5ccccc56)c4)NC4c5ccccc5SC34)cc2)cc1. The summed E-state index contributed by atoms with van der Waals surface area (Å²) >= 11 is 1.94. The molecule has 3 atom stereocenters. The van der Waals surface area contributed by atoms with Crippen molar-refractivity contribution in [2.75, 3.05) is 0 Å². The molecule has 8 aromatic rings. The molecule has 10 rings (SSSR count). The lowest BCUT2D eigenvalue weighted by Crippen LogP contribution is -2.40. The predicted octanol–water partition coefficient (Wildman–Crippen LogP) is 11.9. The second-order valence-corrected chi connectivity index (χ2v) is 14.3. The summed E-state index contributed by atoms with van der Waals surface area (Å²) in [4.78, 5) is 6.89. The molecule has 0 radical (unpaired) electrons. The molecule has 0 fully saturated rings. The molecule has 3 nitrogen and oxygen atoms in total. The number of hydrogen-bond donors (Lipinski definition) is 1. The molecule has 3 unspecified atom stereocenters. The molecular formula is C46H32N2OS. The van der Waals surface area contributed by atoms with Crippen LogP contribution >= 0.6 is 11.8 Å². The highest BCUT2D eigenvalue weighted by atomic mass is 32.2. The lowest BCUT2D eigenvalue weighted by atomic mass is 9.90. The second kappa shape index (κ2) is 11.9. The van der Waals surface area contributed by atoms with Gasteiger partial charge < -0.3 is 9.73 Å². The number of nitrogens with zero attached hydrogens (tertiary/aromatic N) is 1. The number of para-hydroxylation sites is 1. The van der Waals surface area contributed by atoms with Crippen molar-refractivity contribution >= 4 is 39.5 Å². The van der Waals surface area contributed by atoms with Crippen molar-refractivity contribution in [1.82, 2.24) is 5.32 Å². The highest BCUT2D eigenvalue weighted by Crippen LogP contribution is 2.52. The molecule has 4 heteroatoms. The van der Waals surface area contributed by atoms with Crippen LogP contribution < -0.4 is 5.32 Å². The number of aliphatic imine (C=N–C) groups is 1.